The summed E-state index contributed by atoms with van der Waals surface area (Å²) in [4.78, 5) is 12.6. The van der Waals surface area contributed by atoms with Crippen LogP contribution in [0.15, 0.2) is 66.7 Å². The van der Waals surface area contributed by atoms with E-state index in [1.54, 1.807) is 12.1 Å². The minimum Gasteiger partial charge on any atom is -0.291 e. The van der Waals surface area contributed by atoms with Gasteiger partial charge in [0.25, 0.3) is 0 Å². The van der Waals surface area contributed by atoms with E-state index >= 15 is 4.39 Å². The number of rotatable bonds is 2. The molecule has 0 N–H and O–H groups in total. The van der Waals surface area contributed by atoms with Crippen LogP contribution in [0.4, 0.5) is 4.39 Å². The van der Waals surface area contributed by atoms with Crippen LogP contribution >= 0.6 is 0 Å². The van der Waals surface area contributed by atoms with E-state index in [9.17, 15) is 4.79 Å². The molecule has 1 aliphatic rings. The Morgan fingerprint density at radius 1 is 0.913 bits per heavy atom. The fraction of sp³-hybridized carbons (Fsp3) is 0.190. The van der Waals surface area contributed by atoms with Crippen LogP contribution in [0.2, 0.25) is 0 Å². The fourth-order valence-electron chi connectivity index (χ4n) is 3.49. The van der Waals surface area contributed by atoms with Gasteiger partial charge in [0.15, 0.2) is 5.67 Å². The largest absolute Gasteiger partial charge is 0.291 e. The topological polar surface area (TPSA) is 17.1 Å². The number of Topliss-reactive ketones (excluding diaryl/α,β-unsaturated/α-hetero) is 1. The first-order valence-electron chi connectivity index (χ1n) is 7.95. The van der Waals surface area contributed by atoms with Gasteiger partial charge in [-0.3, -0.25) is 4.79 Å². The molecule has 2 heteroatoms. The Morgan fingerprint density at radius 3 is 2.52 bits per heavy atom. The molecule has 0 fully saturated rings. The minimum absolute atomic E-state index is 0.144. The fourth-order valence-corrected chi connectivity index (χ4v) is 3.49. The molecule has 0 amide bonds. The normalized spacial score (nSPS) is 20.5. The smallest absolute Gasteiger partial charge is 0.200 e. The van der Waals surface area contributed by atoms with Crippen LogP contribution in [0.3, 0.4) is 0 Å². The second kappa shape index (κ2) is 5.31. The summed E-state index contributed by atoms with van der Waals surface area (Å²) in [6.45, 7) is 0. The van der Waals surface area contributed by atoms with Crippen molar-refractivity contribution >= 4 is 16.6 Å². The molecular weight excluding hydrogens is 287 g/mol. The van der Waals surface area contributed by atoms with Crippen LogP contribution in [-0.2, 0) is 12.8 Å². The molecule has 23 heavy (non-hydrogen) atoms. The Balaban J connectivity index is 1.68. The molecule has 1 atom stereocenters. The van der Waals surface area contributed by atoms with Crippen molar-refractivity contribution in [1.82, 2.24) is 0 Å². The Kier molecular flexibility index (Phi) is 3.26. The number of halogens is 1. The summed E-state index contributed by atoms with van der Waals surface area (Å²) in [5.74, 6) is -0.368. The van der Waals surface area contributed by atoms with Crippen molar-refractivity contribution in [2.75, 3.05) is 0 Å². The molecule has 0 aromatic heterocycles. The van der Waals surface area contributed by atoms with E-state index in [1.807, 2.05) is 54.6 Å². The molecule has 0 spiro atoms. The second-order valence-corrected chi connectivity index (χ2v) is 6.31. The van der Waals surface area contributed by atoms with Gasteiger partial charge in [0.2, 0.25) is 5.78 Å². The molecule has 3 aromatic rings. The first-order chi connectivity index (χ1) is 11.2. The van der Waals surface area contributed by atoms with Crippen LogP contribution in [0.25, 0.3) is 10.8 Å². The maximum atomic E-state index is 15.4. The molecule has 0 unspecified atom stereocenters. The number of fused-ring (bicyclic) bond motifs is 2. The number of hydrogen-bond acceptors (Lipinski definition) is 1. The average molecular weight is 304 g/mol. The molecular formula is C21H17FO. The first kappa shape index (κ1) is 14.1. The number of carbonyl (C=O) groups is 1. The Hall–Kier alpha value is -2.48. The summed E-state index contributed by atoms with van der Waals surface area (Å²) >= 11 is 0. The van der Waals surface area contributed by atoms with Gasteiger partial charge in [-0.05, 0) is 34.7 Å². The summed E-state index contributed by atoms with van der Waals surface area (Å²) in [7, 11) is 0. The molecule has 0 radical (unpaired) electrons. The van der Waals surface area contributed by atoms with E-state index in [4.69, 9.17) is 0 Å². The number of aryl methyl sites for hydroxylation is 1. The van der Waals surface area contributed by atoms with Gasteiger partial charge < -0.3 is 0 Å². The summed E-state index contributed by atoms with van der Waals surface area (Å²) in [6.07, 6.45) is 1.02. The third kappa shape index (κ3) is 2.44. The number of benzene rings is 3. The van der Waals surface area contributed by atoms with Crippen LogP contribution in [0, 0.1) is 0 Å². The van der Waals surface area contributed by atoms with E-state index in [-0.39, 0.29) is 18.6 Å². The number of ketones is 1. The van der Waals surface area contributed by atoms with Gasteiger partial charge in [0.1, 0.15) is 0 Å². The Morgan fingerprint density at radius 2 is 1.65 bits per heavy atom. The van der Waals surface area contributed by atoms with Crippen LogP contribution in [0.1, 0.15) is 27.9 Å². The van der Waals surface area contributed by atoms with Crippen molar-refractivity contribution in [3.05, 3.63) is 83.4 Å². The molecule has 0 heterocycles. The number of hydrogen-bond donors (Lipinski definition) is 0. The zero-order valence-corrected chi connectivity index (χ0v) is 12.8. The molecule has 3 aromatic carbocycles. The summed E-state index contributed by atoms with van der Waals surface area (Å²) in [6, 6.07) is 21.3. The highest BCUT2D eigenvalue weighted by molar-refractivity contribution is 6.04. The minimum atomic E-state index is -1.79. The SMILES string of the molecule is O=C1c2ccccc2CC[C@]1(F)Cc1ccc2ccccc2c1. The van der Waals surface area contributed by atoms with Crippen LogP contribution in [0.5, 0.6) is 0 Å². The lowest BCUT2D eigenvalue weighted by Crippen LogP contribution is -2.40. The predicted molar refractivity (Wildman–Crippen MR) is 90.6 cm³/mol. The molecule has 0 saturated heterocycles. The van der Waals surface area contributed by atoms with Crippen molar-refractivity contribution in [3.63, 3.8) is 0 Å². The van der Waals surface area contributed by atoms with Crippen molar-refractivity contribution < 1.29 is 9.18 Å². The van der Waals surface area contributed by atoms with E-state index in [2.05, 4.69) is 0 Å². The van der Waals surface area contributed by atoms with E-state index in [0.29, 0.717) is 12.0 Å². The van der Waals surface area contributed by atoms with Crippen molar-refractivity contribution in [2.24, 2.45) is 0 Å². The van der Waals surface area contributed by atoms with Crippen LogP contribution in [-0.4, -0.2) is 11.5 Å². The Labute approximate surface area is 134 Å². The van der Waals surface area contributed by atoms with Crippen molar-refractivity contribution in [3.8, 4) is 0 Å². The number of alkyl halides is 1. The van der Waals surface area contributed by atoms with E-state index in [1.165, 1.54) is 0 Å². The second-order valence-electron chi connectivity index (χ2n) is 6.31. The molecule has 0 aliphatic heterocycles. The van der Waals surface area contributed by atoms with Gasteiger partial charge in [0.05, 0.1) is 0 Å². The van der Waals surface area contributed by atoms with Crippen LogP contribution < -0.4 is 0 Å². The lowest BCUT2D eigenvalue weighted by molar-refractivity contribution is 0.0637. The molecule has 4 rings (SSSR count). The standard InChI is InChI=1S/C21H17FO/c22-21(12-11-17-6-3-4-8-19(17)20(21)23)14-15-9-10-16-5-1-2-7-18(16)13-15/h1-10,13H,11-12,14H2/t21-/m0/s1. The zero-order chi connectivity index (χ0) is 15.9. The highest BCUT2D eigenvalue weighted by Gasteiger charge is 2.42. The quantitative estimate of drug-likeness (QED) is 0.657. The third-order valence-electron chi connectivity index (χ3n) is 4.76. The molecule has 0 saturated carbocycles. The third-order valence-corrected chi connectivity index (χ3v) is 4.76. The van der Waals surface area contributed by atoms with E-state index in [0.717, 1.165) is 21.9 Å². The van der Waals surface area contributed by atoms with Crippen molar-refractivity contribution in [2.45, 2.75) is 24.9 Å². The van der Waals surface area contributed by atoms with Crippen molar-refractivity contribution in [1.29, 1.82) is 0 Å². The summed E-state index contributed by atoms with van der Waals surface area (Å²) < 4.78 is 15.4. The number of carbonyl (C=O) groups excluding carboxylic acids is 1. The summed E-state index contributed by atoms with van der Waals surface area (Å²) in [5, 5.41) is 2.21. The highest BCUT2D eigenvalue weighted by Crippen LogP contribution is 2.35. The molecule has 1 aliphatic carbocycles. The molecule has 1 nitrogen and oxygen atoms in total. The molecule has 0 bridgehead atoms. The van der Waals surface area contributed by atoms with Gasteiger partial charge in [-0.25, -0.2) is 4.39 Å². The van der Waals surface area contributed by atoms with Gasteiger partial charge >= 0.3 is 0 Å². The first-order valence-corrected chi connectivity index (χ1v) is 7.95. The maximum Gasteiger partial charge on any atom is 0.200 e. The van der Waals surface area contributed by atoms with Gasteiger partial charge in [-0.2, -0.15) is 0 Å². The maximum absolute atomic E-state index is 15.4. The lowest BCUT2D eigenvalue weighted by atomic mass is 9.77. The predicted octanol–water partition coefficient (Wildman–Crippen LogP) is 4.92. The van der Waals surface area contributed by atoms with Gasteiger partial charge in [0, 0.05) is 12.0 Å². The van der Waals surface area contributed by atoms with Gasteiger partial charge in [-0.1, -0.05) is 66.7 Å². The highest BCUT2D eigenvalue weighted by atomic mass is 19.1. The average Bonchev–Trinajstić information content (AvgIpc) is 2.59. The monoisotopic (exact) mass is 304 g/mol. The van der Waals surface area contributed by atoms with E-state index < -0.39 is 5.67 Å². The lowest BCUT2D eigenvalue weighted by Gasteiger charge is -2.29. The summed E-state index contributed by atoms with van der Waals surface area (Å²) in [5.41, 5.74) is 0.585. The van der Waals surface area contributed by atoms with Gasteiger partial charge in [-0.15, -0.1) is 0 Å². The molecule has 114 valence electrons. The Bertz CT molecular complexity index is 899. The zero-order valence-electron chi connectivity index (χ0n) is 12.8.